The van der Waals surface area contributed by atoms with Crippen LogP contribution in [0.2, 0.25) is 0 Å². The number of nitrogens with one attached hydrogen (secondary N) is 1. The number of hydrogen-bond donors (Lipinski definition) is 3. The molecule has 0 saturated carbocycles. The highest BCUT2D eigenvalue weighted by molar-refractivity contribution is 5.64. The second-order valence-electron chi connectivity index (χ2n) is 3.71. The zero-order valence-electron chi connectivity index (χ0n) is 9.33. The average Bonchev–Trinajstić information content (AvgIpc) is 2.21. The molecule has 0 radical (unpaired) electrons. The van der Waals surface area contributed by atoms with Gasteiger partial charge in [-0.2, -0.15) is 0 Å². The number of aliphatic hydroxyl groups excluding tert-OH is 1. The van der Waals surface area contributed by atoms with E-state index in [1.165, 1.54) is 0 Å². The predicted octanol–water partition coefficient (Wildman–Crippen LogP) is 1.55. The number of aromatic nitrogens is 1. The van der Waals surface area contributed by atoms with Crippen molar-refractivity contribution >= 4 is 11.5 Å². The van der Waals surface area contributed by atoms with Gasteiger partial charge in [-0.25, -0.2) is 4.98 Å². The van der Waals surface area contributed by atoms with E-state index in [-0.39, 0.29) is 6.10 Å². The topological polar surface area (TPSA) is 71.2 Å². The first-order valence-electron chi connectivity index (χ1n) is 5.28. The summed E-state index contributed by atoms with van der Waals surface area (Å²) in [6.07, 6.45) is 3.13. The molecule has 1 unspecified atom stereocenters. The van der Waals surface area contributed by atoms with Gasteiger partial charge in [0.1, 0.15) is 5.82 Å². The fraction of sp³-hybridized carbons (Fsp3) is 0.545. The number of nitrogens with two attached hydrogens (primary N) is 1. The number of aliphatic hydroxyl groups is 1. The standard InChI is InChI=1S/C11H19N3O/c1-3-4-9(15)7-14-11-10(12)8(2)5-6-13-11/h5-6,9,15H,3-4,7,12H2,1-2H3,(H,13,14). The molecule has 4 heteroatoms. The monoisotopic (exact) mass is 209 g/mol. The Hall–Kier alpha value is -1.29. The van der Waals surface area contributed by atoms with Gasteiger partial charge in [0, 0.05) is 12.7 Å². The first-order valence-corrected chi connectivity index (χ1v) is 5.28. The van der Waals surface area contributed by atoms with E-state index in [1.54, 1.807) is 6.20 Å². The molecule has 84 valence electrons. The van der Waals surface area contributed by atoms with Crippen LogP contribution in [0.5, 0.6) is 0 Å². The Kier molecular flexibility index (Phi) is 4.37. The van der Waals surface area contributed by atoms with E-state index in [0.717, 1.165) is 18.4 Å². The zero-order valence-corrected chi connectivity index (χ0v) is 9.33. The highest BCUT2D eigenvalue weighted by Crippen LogP contribution is 2.18. The summed E-state index contributed by atoms with van der Waals surface area (Å²) in [6, 6.07) is 1.86. The third-order valence-corrected chi connectivity index (χ3v) is 2.34. The maximum absolute atomic E-state index is 9.54. The van der Waals surface area contributed by atoms with Crippen molar-refractivity contribution in [3.05, 3.63) is 17.8 Å². The second kappa shape index (κ2) is 5.56. The molecule has 4 nitrogen and oxygen atoms in total. The molecular formula is C11H19N3O. The molecule has 0 fully saturated rings. The van der Waals surface area contributed by atoms with Crippen molar-refractivity contribution < 1.29 is 5.11 Å². The Morgan fingerprint density at radius 1 is 1.60 bits per heavy atom. The fourth-order valence-corrected chi connectivity index (χ4v) is 1.36. The van der Waals surface area contributed by atoms with Gasteiger partial charge >= 0.3 is 0 Å². The number of pyridine rings is 1. The van der Waals surface area contributed by atoms with Crippen molar-refractivity contribution in [1.29, 1.82) is 0 Å². The van der Waals surface area contributed by atoms with Gasteiger partial charge in [-0.15, -0.1) is 0 Å². The van der Waals surface area contributed by atoms with Gasteiger partial charge in [0.25, 0.3) is 0 Å². The summed E-state index contributed by atoms with van der Waals surface area (Å²) in [4.78, 5) is 4.12. The summed E-state index contributed by atoms with van der Waals surface area (Å²) in [7, 11) is 0. The minimum absolute atomic E-state index is 0.336. The van der Waals surface area contributed by atoms with Crippen LogP contribution in [0.1, 0.15) is 25.3 Å². The van der Waals surface area contributed by atoms with E-state index in [9.17, 15) is 5.11 Å². The summed E-state index contributed by atoms with van der Waals surface area (Å²) < 4.78 is 0. The Morgan fingerprint density at radius 3 is 3.00 bits per heavy atom. The minimum Gasteiger partial charge on any atom is -0.396 e. The lowest BCUT2D eigenvalue weighted by Crippen LogP contribution is -2.20. The summed E-state index contributed by atoms with van der Waals surface area (Å²) in [5.41, 5.74) is 7.49. The molecule has 0 aliphatic carbocycles. The van der Waals surface area contributed by atoms with Crippen molar-refractivity contribution in [2.45, 2.75) is 32.8 Å². The van der Waals surface area contributed by atoms with Crippen LogP contribution in [0.3, 0.4) is 0 Å². The van der Waals surface area contributed by atoms with E-state index >= 15 is 0 Å². The summed E-state index contributed by atoms with van der Waals surface area (Å²) in [6.45, 7) is 4.47. The first-order chi connectivity index (χ1) is 7.15. The molecule has 1 heterocycles. The maximum atomic E-state index is 9.54. The van der Waals surface area contributed by atoms with Gasteiger partial charge in [-0.3, -0.25) is 0 Å². The lowest BCUT2D eigenvalue weighted by atomic mass is 10.2. The molecule has 0 bridgehead atoms. The van der Waals surface area contributed by atoms with E-state index < -0.39 is 0 Å². The molecule has 1 rings (SSSR count). The molecule has 0 amide bonds. The summed E-state index contributed by atoms with van der Waals surface area (Å²) in [5.74, 6) is 0.658. The van der Waals surface area contributed by atoms with Crippen molar-refractivity contribution in [2.24, 2.45) is 0 Å². The maximum Gasteiger partial charge on any atom is 0.149 e. The van der Waals surface area contributed by atoms with Crippen molar-refractivity contribution in [1.82, 2.24) is 4.98 Å². The van der Waals surface area contributed by atoms with Crippen molar-refractivity contribution in [3.63, 3.8) is 0 Å². The Morgan fingerprint density at radius 2 is 2.33 bits per heavy atom. The smallest absolute Gasteiger partial charge is 0.149 e. The van der Waals surface area contributed by atoms with Gasteiger partial charge < -0.3 is 16.2 Å². The van der Waals surface area contributed by atoms with E-state index in [4.69, 9.17) is 5.73 Å². The molecule has 0 spiro atoms. The second-order valence-corrected chi connectivity index (χ2v) is 3.71. The molecular weight excluding hydrogens is 190 g/mol. The van der Waals surface area contributed by atoms with Gasteiger partial charge in [-0.1, -0.05) is 13.3 Å². The lowest BCUT2D eigenvalue weighted by molar-refractivity contribution is 0.176. The van der Waals surface area contributed by atoms with Gasteiger partial charge in [-0.05, 0) is 25.0 Å². The number of aryl methyl sites for hydroxylation is 1. The summed E-state index contributed by atoms with van der Waals surface area (Å²) in [5, 5.41) is 12.6. The zero-order chi connectivity index (χ0) is 11.3. The molecule has 1 atom stereocenters. The Balaban J connectivity index is 2.54. The van der Waals surface area contributed by atoms with Gasteiger partial charge in [0.15, 0.2) is 0 Å². The van der Waals surface area contributed by atoms with Crippen LogP contribution in [0, 0.1) is 6.92 Å². The predicted molar refractivity (Wildman–Crippen MR) is 62.8 cm³/mol. The van der Waals surface area contributed by atoms with Crippen molar-refractivity contribution in [2.75, 3.05) is 17.6 Å². The van der Waals surface area contributed by atoms with Crippen LogP contribution < -0.4 is 11.1 Å². The number of nitrogens with zero attached hydrogens (tertiary/aromatic N) is 1. The van der Waals surface area contributed by atoms with Gasteiger partial charge in [0.05, 0.1) is 11.8 Å². The van der Waals surface area contributed by atoms with Crippen LogP contribution in [0.4, 0.5) is 11.5 Å². The summed E-state index contributed by atoms with van der Waals surface area (Å²) >= 11 is 0. The lowest BCUT2D eigenvalue weighted by Gasteiger charge is -2.13. The van der Waals surface area contributed by atoms with Crippen LogP contribution in [0.25, 0.3) is 0 Å². The van der Waals surface area contributed by atoms with Crippen LogP contribution in [-0.4, -0.2) is 22.7 Å². The van der Waals surface area contributed by atoms with E-state index in [2.05, 4.69) is 10.3 Å². The minimum atomic E-state index is -0.336. The molecule has 0 aromatic carbocycles. The van der Waals surface area contributed by atoms with Crippen LogP contribution in [0.15, 0.2) is 12.3 Å². The number of rotatable bonds is 5. The highest BCUT2D eigenvalue weighted by Gasteiger charge is 2.05. The molecule has 0 aliphatic rings. The largest absolute Gasteiger partial charge is 0.396 e. The van der Waals surface area contributed by atoms with Gasteiger partial charge in [0.2, 0.25) is 0 Å². The molecule has 15 heavy (non-hydrogen) atoms. The third kappa shape index (κ3) is 3.40. The first kappa shape index (κ1) is 11.8. The average molecular weight is 209 g/mol. The van der Waals surface area contributed by atoms with Crippen LogP contribution in [-0.2, 0) is 0 Å². The van der Waals surface area contributed by atoms with E-state index in [1.807, 2.05) is 19.9 Å². The molecule has 0 saturated heterocycles. The molecule has 4 N–H and O–H groups in total. The Bertz CT molecular complexity index is 315. The Labute approximate surface area is 90.5 Å². The number of hydrogen-bond acceptors (Lipinski definition) is 4. The number of anilines is 2. The third-order valence-electron chi connectivity index (χ3n) is 2.34. The molecule has 1 aromatic heterocycles. The molecule has 1 aromatic rings. The quantitative estimate of drug-likeness (QED) is 0.688. The molecule has 0 aliphatic heterocycles. The fourth-order valence-electron chi connectivity index (χ4n) is 1.36. The highest BCUT2D eigenvalue weighted by atomic mass is 16.3. The number of nitrogen functional groups attached to an aromatic ring is 1. The van der Waals surface area contributed by atoms with Crippen LogP contribution >= 0.6 is 0 Å². The van der Waals surface area contributed by atoms with E-state index in [0.29, 0.717) is 18.1 Å². The normalized spacial score (nSPS) is 12.5. The SMILES string of the molecule is CCCC(O)CNc1nccc(C)c1N. The van der Waals surface area contributed by atoms with Crippen molar-refractivity contribution in [3.8, 4) is 0 Å².